The van der Waals surface area contributed by atoms with Gasteiger partial charge in [-0.05, 0) is 18.2 Å². The second-order valence-electron chi connectivity index (χ2n) is 3.52. The Hall–Kier alpha value is -0.510. The second kappa shape index (κ2) is 5.64. The lowest BCUT2D eigenvalue weighted by molar-refractivity contribution is 0.281. The molecule has 94 valence electrons. The molecule has 1 aromatic heterocycles. The molecule has 0 aliphatic carbocycles. The molecule has 0 fully saturated rings. The van der Waals surface area contributed by atoms with Gasteiger partial charge in [0.15, 0.2) is 0 Å². The van der Waals surface area contributed by atoms with Crippen LogP contribution in [0.3, 0.4) is 0 Å². The molecule has 0 saturated carbocycles. The van der Waals surface area contributed by atoms with Gasteiger partial charge in [-0.1, -0.05) is 52.5 Å². The average molecular weight is 323 g/mol. The van der Waals surface area contributed by atoms with Crippen molar-refractivity contribution in [3.63, 3.8) is 0 Å². The first-order chi connectivity index (χ1) is 8.54. The Morgan fingerprint density at radius 2 is 1.61 bits per heavy atom. The van der Waals surface area contributed by atoms with Crippen molar-refractivity contribution in [1.82, 2.24) is 4.98 Å². The van der Waals surface area contributed by atoms with Gasteiger partial charge in [0.1, 0.15) is 5.15 Å². The minimum Gasteiger partial charge on any atom is -0.392 e. The van der Waals surface area contributed by atoms with Crippen molar-refractivity contribution in [3.8, 4) is 11.3 Å². The van der Waals surface area contributed by atoms with Crippen LogP contribution in [-0.4, -0.2) is 10.1 Å². The van der Waals surface area contributed by atoms with Crippen LogP contribution in [0, 0.1) is 0 Å². The summed E-state index contributed by atoms with van der Waals surface area (Å²) in [7, 11) is 0. The van der Waals surface area contributed by atoms with E-state index in [0.29, 0.717) is 31.9 Å². The lowest BCUT2D eigenvalue weighted by Crippen LogP contribution is -1.92. The number of pyridine rings is 1. The zero-order valence-corrected chi connectivity index (χ0v) is 11.9. The number of benzene rings is 1. The third-order valence-electron chi connectivity index (χ3n) is 2.40. The highest BCUT2D eigenvalue weighted by atomic mass is 35.5. The molecule has 2 rings (SSSR count). The summed E-state index contributed by atoms with van der Waals surface area (Å²) in [5.41, 5.74) is 1.57. The number of aromatic nitrogens is 1. The molecule has 2 aromatic rings. The largest absolute Gasteiger partial charge is 0.392 e. The van der Waals surface area contributed by atoms with Gasteiger partial charge in [0.05, 0.1) is 27.4 Å². The van der Waals surface area contributed by atoms with Gasteiger partial charge in [0.2, 0.25) is 0 Å². The van der Waals surface area contributed by atoms with E-state index in [-0.39, 0.29) is 11.8 Å². The maximum Gasteiger partial charge on any atom is 0.135 e. The highest BCUT2D eigenvalue weighted by Gasteiger charge is 2.14. The molecule has 0 unspecified atom stereocenters. The van der Waals surface area contributed by atoms with E-state index in [9.17, 15) is 0 Å². The third kappa shape index (κ3) is 2.58. The van der Waals surface area contributed by atoms with E-state index in [2.05, 4.69) is 4.98 Å². The van der Waals surface area contributed by atoms with Crippen molar-refractivity contribution in [2.75, 3.05) is 0 Å². The summed E-state index contributed by atoms with van der Waals surface area (Å²) in [4.78, 5) is 4.15. The Morgan fingerprint density at radius 3 is 2.22 bits per heavy atom. The van der Waals surface area contributed by atoms with Gasteiger partial charge in [0, 0.05) is 11.1 Å². The van der Waals surface area contributed by atoms with Crippen LogP contribution in [-0.2, 0) is 6.61 Å². The van der Waals surface area contributed by atoms with Gasteiger partial charge in [-0.15, -0.1) is 0 Å². The van der Waals surface area contributed by atoms with Crippen molar-refractivity contribution >= 4 is 46.4 Å². The van der Waals surface area contributed by atoms with Crippen molar-refractivity contribution in [3.05, 3.63) is 50.0 Å². The molecule has 0 aliphatic heterocycles. The number of halogens is 4. The van der Waals surface area contributed by atoms with E-state index >= 15 is 0 Å². The molecule has 0 amide bonds. The predicted octanol–water partition coefficient (Wildman–Crippen LogP) is 4.85. The number of hydrogen-bond acceptors (Lipinski definition) is 2. The second-order valence-corrected chi connectivity index (χ2v) is 5.07. The van der Waals surface area contributed by atoms with Gasteiger partial charge in [-0.3, -0.25) is 0 Å². The van der Waals surface area contributed by atoms with Crippen LogP contribution in [0.5, 0.6) is 0 Å². The molecule has 2 nitrogen and oxygen atoms in total. The zero-order valence-electron chi connectivity index (χ0n) is 8.92. The fourth-order valence-corrected chi connectivity index (χ4v) is 2.42. The van der Waals surface area contributed by atoms with E-state index in [1.54, 1.807) is 24.3 Å². The molecule has 18 heavy (non-hydrogen) atoms. The van der Waals surface area contributed by atoms with Crippen molar-refractivity contribution in [2.24, 2.45) is 0 Å². The summed E-state index contributed by atoms with van der Waals surface area (Å²) in [5, 5.41) is 10.4. The fraction of sp³-hybridized carbons (Fsp3) is 0.0833. The lowest BCUT2D eigenvalue weighted by Gasteiger charge is -2.09. The van der Waals surface area contributed by atoms with Gasteiger partial charge in [-0.2, -0.15) is 0 Å². The van der Waals surface area contributed by atoms with Crippen LogP contribution in [0.1, 0.15) is 5.56 Å². The van der Waals surface area contributed by atoms with E-state index in [0.717, 1.165) is 0 Å². The van der Waals surface area contributed by atoms with Crippen LogP contribution in [0.15, 0.2) is 24.3 Å². The Balaban J connectivity index is 2.62. The Kier molecular flexibility index (Phi) is 4.36. The predicted molar refractivity (Wildman–Crippen MR) is 75.6 cm³/mol. The van der Waals surface area contributed by atoms with E-state index in [1.165, 1.54) is 0 Å². The Labute approximate surface area is 124 Å². The zero-order chi connectivity index (χ0) is 13.3. The van der Waals surface area contributed by atoms with Crippen LogP contribution < -0.4 is 0 Å². The van der Waals surface area contributed by atoms with Crippen molar-refractivity contribution in [1.29, 1.82) is 0 Å². The van der Waals surface area contributed by atoms with Gasteiger partial charge in [0.25, 0.3) is 0 Å². The lowest BCUT2D eigenvalue weighted by atomic mass is 10.1. The number of aliphatic hydroxyl groups is 1. The summed E-state index contributed by atoms with van der Waals surface area (Å²) in [6.07, 6.45) is 0. The summed E-state index contributed by atoms with van der Waals surface area (Å²) in [6, 6.07) is 6.60. The van der Waals surface area contributed by atoms with Gasteiger partial charge < -0.3 is 5.11 Å². The van der Waals surface area contributed by atoms with E-state index in [1.807, 2.05) is 0 Å². The SMILES string of the molecule is OCc1ccc(-c2c(Cl)ccc(Cl)c2Cl)nc1Cl. The monoisotopic (exact) mass is 321 g/mol. The minimum absolute atomic E-state index is 0.177. The summed E-state index contributed by atoms with van der Waals surface area (Å²) < 4.78 is 0. The smallest absolute Gasteiger partial charge is 0.135 e. The Morgan fingerprint density at radius 1 is 0.944 bits per heavy atom. The van der Waals surface area contributed by atoms with Crippen LogP contribution >= 0.6 is 46.4 Å². The minimum atomic E-state index is -0.177. The topological polar surface area (TPSA) is 33.1 Å². The third-order valence-corrected chi connectivity index (χ3v) is 3.84. The fourth-order valence-electron chi connectivity index (χ4n) is 1.48. The summed E-state index contributed by atoms with van der Waals surface area (Å²) in [5.74, 6) is 0. The first-order valence-corrected chi connectivity index (χ1v) is 6.46. The molecule has 0 bridgehead atoms. The number of aliphatic hydroxyl groups excluding tert-OH is 1. The number of hydrogen-bond donors (Lipinski definition) is 1. The number of nitrogens with zero attached hydrogens (tertiary/aromatic N) is 1. The molecule has 0 spiro atoms. The van der Waals surface area contributed by atoms with Crippen LogP contribution in [0.4, 0.5) is 0 Å². The highest BCUT2D eigenvalue weighted by molar-refractivity contribution is 6.46. The highest BCUT2D eigenvalue weighted by Crippen LogP contribution is 2.38. The molecule has 6 heteroatoms. The Bertz CT molecular complexity index is 601. The molecule has 1 aromatic carbocycles. The summed E-state index contributed by atoms with van der Waals surface area (Å²) >= 11 is 24.1. The molecular formula is C12H7Cl4NO. The maximum absolute atomic E-state index is 9.04. The standard InChI is InChI=1S/C12H7Cl4NO/c13-7-2-3-8(14)11(15)10(7)9-4-1-6(5-18)12(16)17-9/h1-4,18H,5H2. The normalized spacial score (nSPS) is 10.7. The molecule has 0 atom stereocenters. The van der Waals surface area contributed by atoms with Crippen molar-refractivity contribution < 1.29 is 5.11 Å². The molecule has 0 saturated heterocycles. The maximum atomic E-state index is 9.04. The van der Waals surface area contributed by atoms with E-state index in [4.69, 9.17) is 51.5 Å². The van der Waals surface area contributed by atoms with E-state index < -0.39 is 0 Å². The molecular weight excluding hydrogens is 316 g/mol. The molecule has 1 N–H and O–H groups in total. The van der Waals surface area contributed by atoms with Gasteiger partial charge in [-0.25, -0.2) is 4.98 Å². The van der Waals surface area contributed by atoms with Crippen LogP contribution in [0.2, 0.25) is 20.2 Å². The quantitative estimate of drug-likeness (QED) is 0.633. The molecule has 0 aliphatic rings. The molecule has 0 radical (unpaired) electrons. The van der Waals surface area contributed by atoms with Crippen molar-refractivity contribution in [2.45, 2.75) is 6.61 Å². The first kappa shape index (κ1) is 13.9. The first-order valence-electron chi connectivity index (χ1n) is 4.94. The number of rotatable bonds is 2. The molecule has 1 heterocycles. The summed E-state index contributed by atoms with van der Waals surface area (Å²) in [6.45, 7) is -0.177. The average Bonchev–Trinajstić information content (AvgIpc) is 2.35. The van der Waals surface area contributed by atoms with Gasteiger partial charge >= 0.3 is 0 Å². The van der Waals surface area contributed by atoms with Crippen LogP contribution in [0.25, 0.3) is 11.3 Å².